The Bertz CT molecular complexity index is 368. The van der Waals surface area contributed by atoms with Crippen LogP contribution in [-0.2, 0) is 14.3 Å². The third-order valence-corrected chi connectivity index (χ3v) is 2.96. The number of nitrogens with one attached hydrogen (secondary N) is 1. The van der Waals surface area contributed by atoms with Crippen LogP contribution in [0.4, 0.5) is 0 Å². The Morgan fingerprint density at radius 3 is 2.48 bits per heavy atom. The van der Waals surface area contributed by atoms with E-state index in [2.05, 4.69) is 5.32 Å². The van der Waals surface area contributed by atoms with Gasteiger partial charge in [-0.25, -0.2) is 6.10 Å². The van der Waals surface area contributed by atoms with Gasteiger partial charge in [0.1, 0.15) is 12.2 Å². The van der Waals surface area contributed by atoms with E-state index in [-0.39, 0.29) is 40.4 Å². The van der Waals surface area contributed by atoms with Crippen LogP contribution in [0.25, 0.3) is 0 Å². The molecule has 0 spiro atoms. The molecule has 0 unspecified atom stereocenters. The van der Waals surface area contributed by atoms with E-state index in [9.17, 15) is 30.0 Å². The van der Waals surface area contributed by atoms with Crippen molar-refractivity contribution in [3.63, 3.8) is 0 Å². The summed E-state index contributed by atoms with van der Waals surface area (Å²) >= 11 is 0. The van der Waals surface area contributed by atoms with Gasteiger partial charge in [0.05, 0.1) is 24.9 Å². The summed E-state index contributed by atoms with van der Waals surface area (Å²) in [4.78, 5) is 21.8. The van der Waals surface area contributed by atoms with Crippen LogP contribution in [0.2, 0.25) is 0 Å². The quantitative estimate of drug-likeness (QED) is 0.268. The molecule has 1 fully saturated rings. The summed E-state index contributed by atoms with van der Waals surface area (Å²) in [5.74, 6) is -2.20. The molecule has 0 aliphatic carbocycles. The standard InChI is InChI=1S/C11H18NO8.Sm/c1-4(14)12-8-5(15)2-7(11(18)19)20-10(8)9(17)6(16)3-13;/h5-6,8-10,13,15-17H,2-3H2,1H3,(H,12,14)(H,18,19);/q-1;+3/p-1/t5-,6+,8+,9+,10+;/m0./s1. The van der Waals surface area contributed by atoms with Gasteiger partial charge >= 0.3 is 40.4 Å². The van der Waals surface area contributed by atoms with Gasteiger partial charge in [-0.15, -0.1) is 6.42 Å². The third kappa shape index (κ3) is 5.58. The summed E-state index contributed by atoms with van der Waals surface area (Å²) in [6.45, 7) is 0.362. The topological polar surface area (TPSA) is 159 Å². The molecule has 1 aliphatic rings. The summed E-state index contributed by atoms with van der Waals surface area (Å²) in [5.41, 5.74) is 0. The predicted octanol–water partition coefficient (Wildman–Crippen LogP) is -4.36. The van der Waals surface area contributed by atoms with Crippen molar-refractivity contribution in [2.24, 2.45) is 0 Å². The Kier molecular flexibility index (Phi) is 9.15. The molecule has 0 aromatic carbocycles. The minimum Gasteiger partial charge on any atom is -0.582 e. The molecule has 5 atom stereocenters. The number of carboxylic acid groups (broad SMARTS) is 1. The molecule has 119 valence electrons. The van der Waals surface area contributed by atoms with Gasteiger partial charge in [0.25, 0.3) is 0 Å². The third-order valence-electron chi connectivity index (χ3n) is 2.96. The maximum atomic E-state index is 11.1. The van der Waals surface area contributed by atoms with E-state index in [1.807, 2.05) is 0 Å². The van der Waals surface area contributed by atoms with Crippen molar-refractivity contribution in [3.8, 4) is 0 Å². The largest absolute Gasteiger partial charge is 3.00 e. The first-order valence-corrected chi connectivity index (χ1v) is 5.94. The van der Waals surface area contributed by atoms with Crippen LogP contribution >= 0.6 is 0 Å². The number of aliphatic hydroxyl groups excluding tert-OH is 4. The molecule has 0 saturated carbocycles. The van der Waals surface area contributed by atoms with E-state index in [0.717, 1.165) is 6.92 Å². The Labute approximate surface area is 153 Å². The zero-order chi connectivity index (χ0) is 15.4. The number of carbonyl (C=O) groups is 2. The van der Waals surface area contributed by atoms with Crippen LogP contribution in [0.1, 0.15) is 13.3 Å². The number of ether oxygens (including phenoxy) is 1. The number of carboxylic acids is 1. The van der Waals surface area contributed by atoms with Gasteiger partial charge < -0.3 is 40.4 Å². The van der Waals surface area contributed by atoms with E-state index >= 15 is 0 Å². The van der Waals surface area contributed by atoms with Crippen LogP contribution in [0.3, 0.4) is 0 Å². The van der Waals surface area contributed by atoms with Gasteiger partial charge in [0, 0.05) is 6.92 Å². The van der Waals surface area contributed by atoms with Crippen LogP contribution in [0, 0.1) is 46.5 Å². The second-order valence-corrected chi connectivity index (χ2v) is 4.53. The minimum atomic E-state index is -1.71. The predicted molar refractivity (Wildman–Crippen MR) is 60.5 cm³/mol. The first-order chi connectivity index (χ1) is 9.27. The van der Waals surface area contributed by atoms with Crippen molar-refractivity contribution in [1.82, 2.24) is 5.32 Å². The van der Waals surface area contributed by atoms with Crippen molar-refractivity contribution < 1.29 is 80.2 Å². The fraction of sp³-hybridized carbons (Fsp3) is 0.727. The molecule has 1 radical (unpaired) electrons. The SMILES string of the molecule is CC(=O)N[C@H]1[C@H]([C@H](O)[C@H](O)CO)O[C-](C(=O)[O-])C[C@@H]1O.[Sm+3]. The van der Waals surface area contributed by atoms with Gasteiger partial charge in [0.15, 0.2) is 0 Å². The van der Waals surface area contributed by atoms with Crippen molar-refractivity contribution in [3.05, 3.63) is 6.10 Å². The fourth-order valence-corrected chi connectivity index (χ4v) is 1.98. The molecule has 1 amide bonds. The smallest absolute Gasteiger partial charge is 0.582 e. The van der Waals surface area contributed by atoms with Gasteiger partial charge in [-0.1, -0.05) is 5.97 Å². The second kappa shape index (κ2) is 9.17. The fourth-order valence-electron chi connectivity index (χ4n) is 1.98. The Hall–Kier alpha value is -0.0523. The average Bonchev–Trinajstić information content (AvgIpc) is 2.38. The molecule has 5 N–H and O–H groups in total. The van der Waals surface area contributed by atoms with Crippen LogP contribution in [0.15, 0.2) is 0 Å². The van der Waals surface area contributed by atoms with E-state index in [1.54, 1.807) is 0 Å². The Morgan fingerprint density at radius 2 is 2.05 bits per heavy atom. The number of hydrogen-bond donors (Lipinski definition) is 5. The minimum absolute atomic E-state index is 0. The van der Waals surface area contributed by atoms with Crippen molar-refractivity contribution in [2.45, 2.75) is 43.8 Å². The normalized spacial score (nSPS) is 28.2. The summed E-state index contributed by atoms with van der Waals surface area (Å²) in [5, 5.41) is 50.9. The van der Waals surface area contributed by atoms with Gasteiger partial charge in [0.2, 0.25) is 5.91 Å². The first-order valence-electron chi connectivity index (χ1n) is 5.94. The van der Waals surface area contributed by atoms with E-state index < -0.39 is 61.5 Å². The van der Waals surface area contributed by atoms with Gasteiger partial charge in [-0.3, -0.25) is 4.79 Å². The summed E-state index contributed by atoms with van der Waals surface area (Å²) < 4.78 is 4.98. The van der Waals surface area contributed by atoms with Gasteiger partial charge in [-0.2, -0.15) is 0 Å². The Balaban J connectivity index is 0.00000400. The van der Waals surface area contributed by atoms with Crippen molar-refractivity contribution >= 4 is 11.9 Å². The van der Waals surface area contributed by atoms with E-state index in [0.29, 0.717) is 0 Å². The van der Waals surface area contributed by atoms with E-state index in [1.165, 1.54) is 0 Å². The zero-order valence-corrected chi connectivity index (χ0v) is 13.8. The number of amides is 1. The molecule has 1 heterocycles. The Morgan fingerprint density at radius 1 is 1.48 bits per heavy atom. The number of carbonyl (C=O) groups excluding carboxylic acids is 2. The van der Waals surface area contributed by atoms with Crippen molar-refractivity contribution in [2.75, 3.05) is 6.61 Å². The number of aliphatic carboxylic acids is 1. The molecule has 0 bridgehead atoms. The maximum Gasteiger partial charge on any atom is 3.00 e. The van der Waals surface area contributed by atoms with Crippen LogP contribution < -0.4 is 10.4 Å². The average molecular weight is 442 g/mol. The van der Waals surface area contributed by atoms with Crippen LogP contribution in [0.5, 0.6) is 0 Å². The first kappa shape index (κ1) is 20.9. The molecule has 1 rings (SSSR count). The molecule has 9 nitrogen and oxygen atoms in total. The molecular formula is C11H17NO8Sm+. The number of hydrogen-bond acceptors (Lipinski definition) is 8. The molecule has 0 aromatic rings. The molecular weight excluding hydrogens is 424 g/mol. The monoisotopic (exact) mass is 443 g/mol. The summed E-state index contributed by atoms with van der Waals surface area (Å²) in [6, 6.07) is -1.13. The zero-order valence-electron chi connectivity index (χ0n) is 11.1. The van der Waals surface area contributed by atoms with Crippen LogP contribution in [-0.4, -0.2) is 69.4 Å². The van der Waals surface area contributed by atoms with Gasteiger partial charge in [-0.05, 0) is 0 Å². The number of aliphatic hydroxyl groups is 4. The maximum absolute atomic E-state index is 11.1. The van der Waals surface area contributed by atoms with Crippen molar-refractivity contribution in [1.29, 1.82) is 0 Å². The molecule has 1 saturated heterocycles. The molecule has 10 heteroatoms. The summed E-state index contributed by atoms with van der Waals surface area (Å²) in [6.07, 6.45) is -7.12. The molecule has 0 aromatic heterocycles. The van der Waals surface area contributed by atoms with E-state index in [4.69, 9.17) is 9.84 Å². The second-order valence-electron chi connectivity index (χ2n) is 4.53. The molecule has 1 aliphatic heterocycles. The number of rotatable bonds is 5. The summed E-state index contributed by atoms with van der Waals surface area (Å²) in [7, 11) is 0. The molecule has 21 heavy (non-hydrogen) atoms.